The van der Waals surface area contributed by atoms with Gasteiger partial charge in [0.15, 0.2) is 18.1 Å². The van der Waals surface area contributed by atoms with Crippen molar-refractivity contribution < 1.29 is 23.8 Å². The summed E-state index contributed by atoms with van der Waals surface area (Å²) in [5.74, 6) is 0.796. The maximum absolute atomic E-state index is 12.8. The molecule has 4 aromatic rings. The smallest absolute Gasteiger partial charge is 0.271 e. The van der Waals surface area contributed by atoms with E-state index >= 15 is 0 Å². The van der Waals surface area contributed by atoms with Gasteiger partial charge in [0, 0.05) is 11.3 Å². The Balaban J connectivity index is 1.34. The Morgan fingerprint density at radius 2 is 1.51 bits per heavy atom. The highest BCUT2D eigenvalue weighted by Gasteiger charge is 2.13. The molecule has 0 bridgehead atoms. The number of hydrogen-bond donors (Lipinski definition) is 2. The number of ether oxygens (including phenoxy) is 3. The molecule has 0 saturated heterocycles. The van der Waals surface area contributed by atoms with Gasteiger partial charge in [-0.15, -0.1) is 0 Å². The first-order valence-corrected chi connectivity index (χ1v) is 14.2. The van der Waals surface area contributed by atoms with Crippen molar-refractivity contribution in [2.24, 2.45) is 5.10 Å². The standard InChI is InChI=1S/C31H27Br2N3O5/c1-2-39-28-17-23(13-14-27(28)40-19-21-9-5-3-6-10-21)31(38)36-34-18-22-15-25(32)30(26(33)16-22)41-20-29(37)35-24-11-7-4-8-12-24/h3-18H,2,19-20H2,1H3,(H,35,37)(H,36,38)/b34-18+. The maximum atomic E-state index is 12.8. The van der Waals surface area contributed by atoms with Crippen LogP contribution in [0.25, 0.3) is 0 Å². The molecule has 210 valence electrons. The highest BCUT2D eigenvalue weighted by Crippen LogP contribution is 2.34. The lowest BCUT2D eigenvalue weighted by Gasteiger charge is -2.13. The number of nitrogens with zero attached hydrogens (tertiary/aromatic N) is 1. The number of benzene rings is 4. The molecule has 4 rings (SSSR count). The van der Waals surface area contributed by atoms with E-state index in [1.54, 1.807) is 42.5 Å². The lowest BCUT2D eigenvalue weighted by atomic mass is 10.2. The van der Waals surface area contributed by atoms with Crippen LogP contribution < -0.4 is 25.0 Å². The minimum absolute atomic E-state index is 0.171. The molecule has 41 heavy (non-hydrogen) atoms. The minimum atomic E-state index is -0.403. The van der Waals surface area contributed by atoms with Crippen molar-refractivity contribution in [2.45, 2.75) is 13.5 Å². The van der Waals surface area contributed by atoms with Crippen molar-refractivity contribution in [3.8, 4) is 17.2 Å². The number of carbonyl (C=O) groups is 2. The molecule has 0 atom stereocenters. The van der Waals surface area contributed by atoms with Gasteiger partial charge in [-0.2, -0.15) is 5.10 Å². The molecular weight excluding hydrogens is 654 g/mol. The molecule has 10 heteroatoms. The normalized spacial score (nSPS) is 10.7. The van der Waals surface area contributed by atoms with Gasteiger partial charge in [0.05, 0.1) is 21.8 Å². The van der Waals surface area contributed by atoms with Crippen LogP contribution in [0.4, 0.5) is 5.69 Å². The highest BCUT2D eigenvalue weighted by atomic mass is 79.9. The summed E-state index contributed by atoms with van der Waals surface area (Å²) in [7, 11) is 0. The van der Waals surface area contributed by atoms with Crippen LogP contribution >= 0.6 is 31.9 Å². The number of hydrazone groups is 1. The van der Waals surface area contributed by atoms with Gasteiger partial charge in [0.1, 0.15) is 12.4 Å². The average molecular weight is 681 g/mol. The van der Waals surface area contributed by atoms with E-state index < -0.39 is 5.91 Å². The molecule has 0 aliphatic heterocycles. The van der Waals surface area contributed by atoms with Crippen molar-refractivity contribution in [2.75, 3.05) is 18.5 Å². The Bertz CT molecular complexity index is 1490. The van der Waals surface area contributed by atoms with Gasteiger partial charge in [-0.1, -0.05) is 48.5 Å². The Morgan fingerprint density at radius 3 is 2.20 bits per heavy atom. The fourth-order valence-electron chi connectivity index (χ4n) is 3.65. The first-order valence-electron chi connectivity index (χ1n) is 12.7. The third kappa shape index (κ3) is 8.92. The van der Waals surface area contributed by atoms with Gasteiger partial charge in [-0.25, -0.2) is 5.43 Å². The van der Waals surface area contributed by atoms with Gasteiger partial charge < -0.3 is 19.5 Å². The molecule has 0 radical (unpaired) electrons. The molecule has 0 aliphatic rings. The molecule has 0 heterocycles. The van der Waals surface area contributed by atoms with Crippen molar-refractivity contribution in [1.29, 1.82) is 0 Å². The zero-order valence-corrected chi connectivity index (χ0v) is 25.3. The number of carbonyl (C=O) groups excluding carboxylic acids is 2. The van der Waals surface area contributed by atoms with E-state index in [1.165, 1.54) is 6.21 Å². The Hall–Kier alpha value is -4.15. The summed E-state index contributed by atoms with van der Waals surface area (Å²) in [4.78, 5) is 25.0. The summed E-state index contributed by atoms with van der Waals surface area (Å²) in [6, 6.07) is 27.4. The van der Waals surface area contributed by atoms with E-state index in [0.29, 0.717) is 56.2 Å². The fraction of sp³-hybridized carbons (Fsp3) is 0.129. The van der Waals surface area contributed by atoms with E-state index in [-0.39, 0.29) is 12.5 Å². The zero-order valence-electron chi connectivity index (χ0n) is 22.1. The SMILES string of the molecule is CCOc1cc(C(=O)N/N=C/c2cc(Br)c(OCC(=O)Nc3ccccc3)c(Br)c2)ccc1OCc1ccccc1. The molecule has 0 unspecified atom stereocenters. The molecule has 0 fully saturated rings. The predicted molar refractivity (Wildman–Crippen MR) is 166 cm³/mol. The van der Waals surface area contributed by atoms with Crippen molar-refractivity contribution in [1.82, 2.24) is 5.43 Å². The van der Waals surface area contributed by atoms with Crippen LogP contribution in [-0.4, -0.2) is 31.2 Å². The Labute approximate surface area is 255 Å². The summed E-state index contributed by atoms with van der Waals surface area (Å²) in [5, 5.41) is 6.85. The second kappa shape index (κ2) is 15.0. The summed E-state index contributed by atoms with van der Waals surface area (Å²) >= 11 is 6.94. The Kier molecular flexibility index (Phi) is 10.9. The minimum Gasteiger partial charge on any atom is -0.490 e. The van der Waals surface area contributed by atoms with Crippen LogP contribution in [0.1, 0.15) is 28.4 Å². The van der Waals surface area contributed by atoms with Gasteiger partial charge in [-0.3, -0.25) is 9.59 Å². The van der Waals surface area contributed by atoms with Crippen molar-refractivity contribution in [3.05, 3.63) is 117 Å². The molecule has 0 spiro atoms. The molecule has 2 N–H and O–H groups in total. The molecule has 0 saturated carbocycles. The monoisotopic (exact) mass is 679 g/mol. The first-order chi connectivity index (χ1) is 19.9. The number of amides is 2. The van der Waals surface area contributed by atoms with Crippen LogP contribution in [0.15, 0.2) is 105 Å². The van der Waals surface area contributed by atoms with E-state index in [9.17, 15) is 9.59 Å². The van der Waals surface area contributed by atoms with Crippen LogP contribution in [0.3, 0.4) is 0 Å². The second-order valence-electron chi connectivity index (χ2n) is 8.58. The first kappa shape index (κ1) is 29.8. The lowest BCUT2D eigenvalue weighted by Crippen LogP contribution is -2.20. The summed E-state index contributed by atoms with van der Waals surface area (Å²) in [6.45, 7) is 2.50. The zero-order chi connectivity index (χ0) is 29.0. The number of halogens is 2. The molecule has 8 nitrogen and oxygen atoms in total. The quantitative estimate of drug-likeness (QED) is 0.124. The lowest BCUT2D eigenvalue weighted by molar-refractivity contribution is -0.118. The fourth-order valence-corrected chi connectivity index (χ4v) is 5.10. The maximum Gasteiger partial charge on any atom is 0.271 e. The summed E-state index contributed by atoms with van der Waals surface area (Å²) in [6.07, 6.45) is 1.50. The summed E-state index contributed by atoms with van der Waals surface area (Å²) in [5.41, 5.74) is 5.30. The molecule has 2 amide bonds. The van der Waals surface area contributed by atoms with Crippen LogP contribution in [0.5, 0.6) is 17.2 Å². The molecule has 4 aromatic carbocycles. The van der Waals surface area contributed by atoms with E-state index in [1.807, 2.05) is 55.5 Å². The average Bonchev–Trinajstić information content (AvgIpc) is 2.97. The second-order valence-corrected chi connectivity index (χ2v) is 10.3. The van der Waals surface area contributed by atoms with Crippen molar-refractivity contribution >= 4 is 55.6 Å². The number of nitrogens with one attached hydrogen (secondary N) is 2. The topological polar surface area (TPSA) is 98.3 Å². The van der Waals surface area contributed by atoms with Gasteiger partial charge in [-0.05, 0) is 92.4 Å². The van der Waals surface area contributed by atoms with E-state index in [2.05, 4.69) is 47.7 Å². The number of anilines is 1. The van der Waals surface area contributed by atoms with Crippen LogP contribution in [0, 0.1) is 0 Å². The largest absolute Gasteiger partial charge is 0.490 e. The van der Waals surface area contributed by atoms with Crippen LogP contribution in [-0.2, 0) is 11.4 Å². The number of hydrogen-bond acceptors (Lipinski definition) is 6. The number of para-hydroxylation sites is 1. The van der Waals surface area contributed by atoms with E-state index in [4.69, 9.17) is 14.2 Å². The number of rotatable bonds is 12. The Morgan fingerprint density at radius 1 is 0.829 bits per heavy atom. The van der Waals surface area contributed by atoms with Crippen molar-refractivity contribution in [3.63, 3.8) is 0 Å². The molecule has 0 aliphatic carbocycles. The molecular formula is C31H27Br2N3O5. The van der Waals surface area contributed by atoms with Gasteiger partial charge in [0.25, 0.3) is 11.8 Å². The van der Waals surface area contributed by atoms with E-state index in [0.717, 1.165) is 5.56 Å². The third-order valence-corrected chi connectivity index (χ3v) is 6.73. The molecule has 0 aromatic heterocycles. The van der Waals surface area contributed by atoms with Gasteiger partial charge in [0.2, 0.25) is 0 Å². The van der Waals surface area contributed by atoms with Crippen LogP contribution in [0.2, 0.25) is 0 Å². The predicted octanol–water partition coefficient (Wildman–Crippen LogP) is 6.97. The third-order valence-electron chi connectivity index (χ3n) is 5.55. The van der Waals surface area contributed by atoms with Gasteiger partial charge >= 0.3 is 0 Å². The highest BCUT2D eigenvalue weighted by molar-refractivity contribution is 9.11. The summed E-state index contributed by atoms with van der Waals surface area (Å²) < 4.78 is 18.5.